The van der Waals surface area contributed by atoms with E-state index in [0.717, 1.165) is 35.3 Å². The molecule has 0 bridgehead atoms. The summed E-state index contributed by atoms with van der Waals surface area (Å²) in [6.45, 7) is 10.8. The number of nitrogens with one attached hydrogen (secondary N) is 1. The van der Waals surface area contributed by atoms with Gasteiger partial charge in [0.05, 0.1) is 12.3 Å². The molecule has 0 fully saturated rings. The van der Waals surface area contributed by atoms with Crippen LogP contribution in [0.25, 0.3) is 11.3 Å². The highest BCUT2D eigenvalue weighted by molar-refractivity contribution is 5.92. The van der Waals surface area contributed by atoms with Gasteiger partial charge in [-0.3, -0.25) is 4.79 Å². The SMILES string of the molecule is CCCCOc1cc2c(cc1C)-c1[nH]c(=O)c(C(=O)O)c(O)c1C(C)(C(C)C)C2. The van der Waals surface area contributed by atoms with E-state index < -0.39 is 28.3 Å². The zero-order valence-electron chi connectivity index (χ0n) is 17.7. The molecule has 1 unspecified atom stereocenters. The van der Waals surface area contributed by atoms with E-state index in [1.807, 2.05) is 39.8 Å². The summed E-state index contributed by atoms with van der Waals surface area (Å²) in [4.78, 5) is 26.8. The van der Waals surface area contributed by atoms with Crippen LogP contribution in [0.5, 0.6) is 11.5 Å². The van der Waals surface area contributed by atoms with E-state index in [0.29, 0.717) is 24.3 Å². The monoisotopic (exact) mass is 399 g/mol. The number of aromatic amines is 1. The number of hydrogen-bond donors (Lipinski definition) is 3. The van der Waals surface area contributed by atoms with Crippen LogP contribution in [-0.2, 0) is 11.8 Å². The Labute approximate surface area is 170 Å². The minimum Gasteiger partial charge on any atom is -0.506 e. The number of rotatable bonds is 6. The number of carboxylic acids is 1. The summed E-state index contributed by atoms with van der Waals surface area (Å²) in [5, 5.41) is 20.3. The molecule has 3 rings (SSSR count). The highest BCUT2D eigenvalue weighted by Crippen LogP contribution is 2.50. The number of aromatic nitrogens is 1. The largest absolute Gasteiger partial charge is 0.506 e. The molecule has 1 aromatic heterocycles. The highest BCUT2D eigenvalue weighted by Gasteiger charge is 2.42. The second-order valence-corrected chi connectivity index (χ2v) is 8.46. The molecule has 1 aliphatic rings. The van der Waals surface area contributed by atoms with Crippen molar-refractivity contribution in [2.45, 2.75) is 59.3 Å². The van der Waals surface area contributed by atoms with E-state index >= 15 is 0 Å². The van der Waals surface area contributed by atoms with Gasteiger partial charge in [-0.1, -0.05) is 34.1 Å². The lowest BCUT2D eigenvalue weighted by Gasteiger charge is -2.41. The summed E-state index contributed by atoms with van der Waals surface area (Å²) in [5.74, 6) is -0.947. The Morgan fingerprint density at radius 2 is 2.03 bits per heavy atom. The maximum absolute atomic E-state index is 12.4. The summed E-state index contributed by atoms with van der Waals surface area (Å²) in [6.07, 6.45) is 2.63. The number of aromatic hydroxyl groups is 1. The summed E-state index contributed by atoms with van der Waals surface area (Å²) in [6, 6.07) is 3.97. The average Bonchev–Trinajstić information content (AvgIpc) is 2.62. The van der Waals surface area contributed by atoms with Gasteiger partial charge in [0, 0.05) is 16.5 Å². The maximum atomic E-state index is 12.4. The lowest BCUT2D eigenvalue weighted by molar-refractivity contribution is 0.0691. The molecular weight excluding hydrogens is 370 g/mol. The molecule has 0 radical (unpaired) electrons. The van der Waals surface area contributed by atoms with Gasteiger partial charge in [-0.15, -0.1) is 0 Å². The van der Waals surface area contributed by atoms with Crippen LogP contribution in [0, 0.1) is 12.8 Å². The predicted octanol–water partition coefficient (Wildman–Crippen LogP) is 4.40. The van der Waals surface area contributed by atoms with Crippen LogP contribution in [0.2, 0.25) is 0 Å². The first-order chi connectivity index (χ1) is 13.6. The molecule has 0 spiro atoms. The average molecular weight is 399 g/mol. The fourth-order valence-electron chi connectivity index (χ4n) is 4.11. The van der Waals surface area contributed by atoms with Gasteiger partial charge >= 0.3 is 5.97 Å². The molecule has 0 amide bonds. The van der Waals surface area contributed by atoms with Crippen LogP contribution < -0.4 is 10.3 Å². The van der Waals surface area contributed by atoms with Gasteiger partial charge in [0.2, 0.25) is 0 Å². The van der Waals surface area contributed by atoms with Crippen LogP contribution in [0.4, 0.5) is 0 Å². The first-order valence-electron chi connectivity index (χ1n) is 10.1. The topological polar surface area (TPSA) is 99.6 Å². The van der Waals surface area contributed by atoms with E-state index in [1.54, 1.807) is 0 Å². The molecule has 1 atom stereocenters. The van der Waals surface area contributed by atoms with Crippen molar-refractivity contribution >= 4 is 5.97 Å². The molecular formula is C23H29NO5. The molecule has 2 aromatic rings. The third-order valence-corrected chi connectivity index (χ3v) is 6.23. The summed E-state index contributed by atoms with van der Waals surface area (Å²) in [7, 11) is 0. The third-order valence-electron chi connectivity index (χ3n) is 6.23. The first-order valence-corrected chi connectivity index (χ1v) is 10.1. The molecule has 0 saturated heterocycles. The van der Waals surface area contributed by atoms with Crippen LogP contribution in [0.3, 0.4) is 0 Å². The van der Waals surface area contributed by atoms with Gasteiger partial charge in [-0.25, -0.2) is 4.79 Å². The zero-order valence-corrected chi connectivity index (χ0v) is 17.7. The van der Waals surface area contributed by atoms with Crippen LogP contribution >= 0.6 is 0 Å². The Bertz CT molecular complexity index is 1020. The molecule has 3 N–H and O–H groups in total. The third kappa shape index (κ3) is 3.41. The lowest BCUT2D eigenvalue weighted by Crippen LogP contribution is -2.37. The smallest absolute Gasteiger partial charge is 0.345 e. The van der Waals surface area contributed by atoms with Crippen LogP contribution in [0.15, 0.2) is 16.9 Å². The standard InChI is InChI=1S/C23H29NO5/c1-6-7-8-29-16-10-14-11-23(5,12(2)3)18-19(15(14)9-13(16)4)24-21(26)17(20(18)25)22(27)28/h9-10,12H,6-8,11H2,1-5H3,(H,27,28)(H2,24,25,26). The van der Waals surface area contributed by atoms with Gasteiger partial charge in [0.15, 0.2) is 5.56 Å². The predicted molar refractivity (Wildman–Crippen MR) is 112 cm³/mol. The fraction of sp³-hybridized carbons (Fsp3) is 0.478. The molecule has 1 aromatic carbocycles. The lowest BCUT2D eigenvalue weighted by atomic mass is 9.64. The van der Waals surface area contributed by atoms with Crippen molar-refractivity contribution in [3.63, 3.8) is 0 Å². The number of carboxylic acid groups (broad SMARTS) is 1. The molecule has 0 saturated carbocycles. The molecule has 1 aliphatic carbocycles. The van der Waals surface area contributed by atoms with E-state index in [9.17, 15) is 19.8 Å². The minimum atomic E-state index is -1.43. The van der Waals surface area contributed by atoms with Gasteiger partial charge < -0.3 is 19.9 Å². The minimum absolute atomic E-state index is 0.0959. The molecule has 6 heteroatoms. The molecule has 6 nitrogen and oxygen atoms in total. The summed E-state index contributed by atoms with van der Waals surface area (Å²) >= 11 is 0. The normalized spacial score (nSPS) is 17.7. The first kappa shape index (κ1) is 21.0. The van der Waals surface area contributed by atoms with Crippen molar-refractivity contribution in [3.8, 4) is 22.8 Å². The maximum Gasteiger partial charge on any atom is 0.345 e. The highest BCUT2D eigenvalue weighted by atomic mass is 16.5. The van der Waals surface area contributed by atoms with Crippen molar-refractivity contribution in [2.75, 3.05) is 6.61 Å². The van der Waals surface area contributed by atoms with Crippen LogP contribution in [0.1, 0.15) is 67.6 Å². The Balaban J connectivity index is 2.28. The number of carbonyl (C=O) groups is 1. The molecule has 156 valence electrons. The number of hydrogen-bond acceptors (Lipinski definition) is 4. The van der Waals surface area contributed by atoms with Gasteiger partial charge in [-0.2, -0.15) is 0 Å². The van der Waals surface area contributed by atoms with E-state index in [1.165, 1.54) is 0 Å². The second kappa shape index (κ2) is 7.58. The Morgan fingerprint density at radius 1 is 1.34 bits per heavy atom. The van der Waals surface area contributed by atoms with Gasteiger partial charge in [0.25, 0.3) is 5.56 Å². The Hall–Kier alpha value is -2.76. The molecule has 1 heterocycles. The zero-order chi connectivity index (χ0) is 21.5. The van der Waals surface area contributed by atoms with Crippen molar-refractivity contribution in [3.05, 3.63) is 44.7 Å². The Kier molecular flexibility index (Phi) is 5.48. The van der Waals surface area contributed by atoms with Gasteiger partial charge in [0.1, 0.15) is 11.5 Å². The van der Waals surface area contributed by atoms with Crippen molar-refractivity contribution in [1.29, 1.82) is 0 Å². The number of pyridine rings is 1. The molecule has 0 aliphatic heterocycles. The van der Waals surface area contributed by atoms with E-state index in [2.05, 4.69) is 11.9 Å². The Morgan fingerprint density at radius 3 is 2.62 bits per heavy atom. The number of aromatic carboxylic acids is 1. The quantitative estimate of drug-likeness (QED) is 0.625. The second-order valence-electron chi connectivity index (χ2n) is 8.46. The van der Waals surface area contributed by atoms with E-state index in [4.69, 9.17) is 4.74 Å². The van der Waals surface area contributed by atoms with Crippen molar-refractivity contribution < 1.29 is 19.7 Å². The van der Waals surface area contributed by atoms with Crippen molar-refractivity contribution in [1.82, 2.24) is 4.98 Å². The summed E-state index contributed by atoms with van der Waals surface area (Å²) < 4.78 is 5.96. The number of aryl methyl sites for hydroxylation is 1. The number of ether oxygens (including phenoxy) is 1. The fourth-order valence-corrected chi connectivity index (χ4v) is 4.11. The number of H-pyrrole nitrogens is 1. The number of fused-ring (bicyclic) bond motifs is 3. The van der Waals surface area contributed by atoms with Crippen molar-refractivity contribution in [2.24, 2.45) is 5.92 Å². The van der Waals surface area contributed by atoms with Crippen LogP contribution in [-0.4, -0.2) is 27.8 Å². The summed E-state index contributed by atoms with van der Waals surface area (Å²) in [5.41, 5.74) is 1.81. The number of benzene rings is 1. The van der Waals surface area contributed by atoms with E-state index in [-0.39, 0.29) is 5.92 Å². The number of unbranched alkanes of at least 4 members (excludes halogenated alkanes) is 1. The van der Waals surface area contributed by atoms with Gasteiger partial charge in [-0.05, 0) is 48.9 Å². The molecule has 29 heavy (non-hydrogen) atoms.